The van der Waals surface area contributed by atoms with E-state index in [4.69, 9.17) is 5.11 Å². The highest BCUT2D eigenvalue weighted by Crippen LogP contribution is 2.58. The van der Waals surface area contributed by atoms with Crippen LogP contribution in [0.15, 0.2) is 0 Å². The Hall–Kier alpha value is -0.710. The second-order valence-corrected chi connectivity index (χ2v) is 6.09. The Bertz CT molecular complexity index is 317. The molecule has 1 aliphatic carbocycles. The van der Waals surface area contributed by atoms with Crippen LogP contribution in [0.1, 0.15) is 27.2 Å². The molecular weight excluding hydrogens is 238 g/mol. The molecule has 3 unspecified atom stereocenters. The molecule has 1 fully saturated rings. The number of carbonyl (C=O) groups excluding carboxylic acids is 1. The highest BCUT2D eigenvalue weighted by atomic mass is 32.2. The minimum Gasteiger partial charge on any atom is -0.481 e. The standard InChI is InChI=1S/C12H21NO3S/c1-5-7(6-17-4)13-10(14)8-9(11(15)16)12(8,2)3/h7-9H,5-6H2,1-4H3,(H,13,14)(H,15,16). The molecule has 0 heterocycles. The van der Waals surface area contributed by atoms with E-state index in [-0.39, 0.29) is 17.9 Å². The van der Waals surface area contributed by atoms with Gasteiger partial charge in [0.25, 0.3) is 0 Å². The lowest BCUT2D eigenvalue weighted by Gasteiger charge is -2.16. The maximum Gasteiger partial charge on any atom is 0.307 e. The summed E-state index contributed by atoms with van der Waals surface area (Å²) >= 11 is 1.68. The van der Waals surface area contributed by atoms with Crippen LogP contribution in [-0.2, 0) is 9.59 Å². The Kier molecular flexibility index (Phi) is 4.47. The molecular formula is C12H21NO3S. The molecule has 0 aromatic carbocycles. The molecule has 0 aromatic rings. The van der Waals surface area contributed by atoms with Crippen LogP contribution in [0.3, 0.4) is 0 Å². The van der Waals surface area contributed by atoms with Crippen molar-refractivity contribution in [3.8, 4) is 0 Å². The fourth-order valence-electron chi connectivity index (χ4n) is 2.34. The lowest BCUT2D eigenvalue weighted by atomic mass is 10.1. The summed E-state index contributed by atoms with van der Waals surface area (Å²) in [5.41, 5.74) is -0.409. The van der Waals surface area contributed by atoms with Crippen LogP contribution in [0, 0.1) is 17.3 Å². The molecule has 0 radical (unpaired) electrons. The molecule has 0 aromatic heterocycles. The number of nitrogens with one attached hydrogen (secondary N) is 1. The Morgan fingerprint density at radius 2 is 2.00 bits per heavy atom. The maximum atomic E-state index is 12.0. The van der Waals surface area contributed by atoms with Crippen molar-refractivity contribution in [2.45, 2.75) is 33.2 Å². The number of hydrogen-bond acceptors (Lipinski definition) is 3. The largest absolute Gasteiger partial charge is 0.481 e. The molecule has 17 heavy (non-hydrogen) atoms. The monoisotopic (exact) mass is 259 g/mol. The number of aliphatic carboxylic acids is 1. The minimum atomic E-state index is -0.868. The highest BCUT2D eigenvalue weighted by Gasteiger charge is 2.65. The average molecular weight is 259 g/mol. The van der Waals surface area contributed by atoms with Crippen molar-refractivity contribution in [3.05, 3.63) is 0 Å². The van der Waals surface area contributed by atoms with E-state index >= 15 is 0 Å². The molecule has 0 spiro atoms. The molecule has 1 rings (SSSR count). The van der Waals surface area contributed by atoms with E-state index in [0.717, 1.165) is 12.2 Å². The number of carboxylic acids is 1. The van der Waals surface area contributed by atoms with Crippen LogP contribution >= 0.6 is 11.8 Å². The smallest absolute Gasteiger partial charge is 0.307 e. The molecule has 3 atom stereocenters. The average Bonchev–Trinajstić information content (AvgIpc) is 2.81. The number of hydrogen-bond donors (Lipinski definition) is 2. The summed E-state index contributed by atoms with van der Waals surface area (Å²) in [5, 5.41) is 12.0. The van der Waals surface area contributed by atoms with Gasteiger partial charge in [0.2, 0.25) is 5.91 Å². The molecule has 1 saturated carbocycles. The molecule has 4 nitrogen and oxygen atoms in total. The second-order valence-electron chi connectivity index (χ2n) is 5.18. The van der Waals surface area contributed by atoms with Crippen molar-refractivity contribution in [1.29, 1.82) is 0 Å². The number of rotatable bonds is 6. The van der Waals surface area contributed by atoms with Gasteiger partial charge in [0.05, 0.1) is 11.8 Å². The Labute approximate surface area is 107 Å². The van der Waals surface area contributed by atoms with Crippen molar-refractivity contribution in [3.63, 3.8) is 0 Å². The van der Waals surface area contributed by atoms with Gasteiger partial charge in [-0.1, -0.05) is 20.8 Å². The van der Waals surface area contributed by atoms with Crippen LogP contribution in [0.4, 0.5) is 0 Å². The zero-order valence-corrected chi connectivity index (χ0v) is 11.6. The molecule has 2 N–H and O–H groups in total. The van der Waals surface area contributed by atoms with Crippen LogP contribution in [0.2, 0.25) is 0 Å². The summed E-state index contributed by atoms with van der Waals surface area (Å²) in [5.74, 6) is -1.02. The number of carboxylic acid groups (broad SMARTS) is 1. The topological polar surface area (TPSA) is 66.4 Å². The molecule has 1 amide bonds. The van der Waals surface area contributed by atoms with Gasteiger partial charge in [-0.15, -0.1) is 0 Å². The fourth-order valence-corrected chi connectivity index (χ4v) is 3.06. The Morgan fingerprint density at radius 1 is 1.41 bits per heavy atom. The summed E-state index contributed by atoms with van der Waals surface area (Å²) in [6.07, 6.45) is 2.87. The van der Waals surface area contributed by atoms with Gasteiger partial charge in [0, 0.05) is 11.8 Å². The van der Waals surface area contributed by atoms with Crippen molar-refractivity contribution >= 4 is 23.6 Å². The lowest BCUT2D eigenvalue weighted by molar-refractivity contribution is -0.140. The number of carbonyl (C=O) groups is 2. The van der Waals surface area contributed by atoms with Gasteiger partial charge in [0.15, 0.2) is 0 Å². The van der Waals surface area contributed by atoms with Gasteiger partial charge in [-0.2, -0.15) is 11.8 Å². The van der Waals surface area contributed by atoms with Crippen LogP contribution in [0.25, 0.3) is 0 Å². The van der Waals surface area contributed by atoms with Gasteiger partial charge in [-0.3, -0.25) is 9.59 Å². The van der Waals surface area contributed by atoms with Gasteiger partial charge >= 0.3 is 5.97 Å². The number of amides is 1. The Morgan fingerprint density at radius 3 is 2.35 bits per heavy atom. The van der Waals surface area contributed by atoms with Crippen LogP contribution < -0.4 is 5.32 Å². The lowest BCUT2D eigenvalue weighted by Crippen LogP contribution is -2.38. The zero-order chi connectivity index (χ0) is 13.2. The van der Waals surface area contributed by atoms with Gasteiger partial charge < -0.3 is 10.4 Å². The first-order valence-corrected chi connectivity index (χ1v) is 7.27. The second kappa shape index (κ2) is 5.29. The van der Waals surface area contributed by atoms with E-state index in [1.807, 2.05) is 27.0 Å². The van der Waals surface area contributed by atoms with Crippen molar-refractivity contribution in [2.75, 3.05) is 12.0 Å². The van der Waals surface area contributed by atoms with E-state index in [1.165, 1.54) is 0 Å². The van der Waals surface area contributed by atoms with Gasteiger partial charge in [0.1, 0.15) is 0 Å². The third kappa shape index (κ3) is 2.94. The summed E-state index contributed by atoms with van der Waals surface area (Å²) in [6, 6.07) is 0.142. The SMILES string of the molecule is CCC(CSC)NC(=O)C1C(C(=O)O)C1(C)C. The molecule has 0 bridgehead atoms. The zero-order valence-electron chi connectivity index (χ0n) is 10.8. The molecule has 5 heteroatoms. The predicted octanol–water partition coefficient (Wildman–Crippen LogP) is 1.60. The van der Waals surface area contributed by atoms with Gasteiger partial charge in [-0.05, 0) is 18.1 Å². The molecule has 0 aliphatic heterocycles. The summed E-state index contributed by atoms with van der Waals surface area (Å²) in [4.78, 5) is 23.0. The predicted molar refractivity (Wildman–Crippen MR) is 69.0 cm³/mol. The van der Waals surface area contributed by atoms with Crippen molar-refractivity contribution in [1.82, 2.24) is 5.32 Å². The molecule has 0 saturated heterocycles. The van der Waals surface area contributed by atoms with E-state index in [9.17, 15) is 9.59 Å². The van der Waals surface area contributed by atoms with E-state index in [2.05, 4.69) is 5.32 Å². The summed E-state index contributed by atoms with van der Waals surface area (Å²) < 4.78 is 0. The normalized spacial score (nSPS) is 27.3. The number of thioether (sulfide) groups is 1. The van der Waals surface area contributed by atoms with Crippen LogP contribution in [-0.4, -0.2) is 35.0 Å². The van der Waals surface area contributed by atoms with E-state index in [1.54, 1.807) is 11.8 Å². The van der Waals surface area contributed by atoms with Gasteiger partial charge in [-0.25, -0.2) is 0 Å². The fraction of sp³-hybridized carbons (Fsp3) is 0.833. The van der Waals surface area contributed by atoms with Crippen molar-refractivity contribution < 1.29 is 14.7 Å². The third-order valence-corrected chi connectivity index (χ3v) is 4.32. The molecule has 98 valence electrons. The van der Waals surface area contributed by atoms with E-state index in [0.29, 0.717) is 0 Å². The first-order chi connectivity index (χ1) is 7.86. The summed E-state index contributed by atoms with van der Waals surface area (Å²) in [6.45, 7) is 5.70. The van der Waals surface area contributed by atoms with Crippen molar-refractivity contribution in [2.24, 2.45) is 17.3 Å². The third-order valence-electron chi connectivity index (χ3n) is 3.58. The first-order valence-electron chi connectivity index (χ1n) is 5.88. The van der Waals surface area contributed by atoms with Crippen LogP contribution in [0.5, 0.6) is 0 Å². The minimum absolute atomic E-state index is 0.108. The maximum absolute atomic E-state index is 12.0. The quantitative estimate of drug-likeness (QED) is 0.760. The highest BCUT2D eigenvalue weighted by molar-refractivity contribution is 7.98. The molecule has 1 aliphatic rings. The van der Waals surface area contributed by atoms with E-state index < -0.39 is 17.3 Å². The summed E-state index contributed by atoms with van der Waals surface area (Å²) in [7, 11) is 0. The Balaban J connectivity index is 2.58. The first kappa shape index (κ1) is 14.4.